The number of aliphatic hydroxyl groups excluding tert-OH is 1. The summed E-state index contributed by atoms with van der Waals surface area (Å²) in [7, 11) is 12.0. The molecule has 10 nitrogen and oxygen atoms in total. The van der Waals surface area contributed by atoms with Crippen molar-refractivity contribution in [3.63, 3.8) is 0 Å². The molecule has 0 radical (unpaired) electrons. The fraction of sp³-hybridized carbons (Fsp3) is 0.840. The standard InChI is InChI=1S/C25H50N4O6/c1-9-22(30)33-19-25(10-2,20-34-23(31)11-13-28(7)17-15-26(3)4)21-35-24(32)12-14-29(8)18-16-27(5)6/h9,22,30H,1,10-21H2,2-8H3. The lowest BCUT2D eigenvalue weighted by molar-refractivity contribution is -0.164. The number of likely N-dealkylation sites (N-methyl/N-ethyl adjacent to an activating group) is 4. The SMILES string of the molecule is C=CC(O)OCC(CC)(COC(=O)CCN(C)CCN(C)C)COC(=O)CCN(C)CCN(C)C. The molecule has 0 rings (SSSR count). The number of carbonyl (C=O) groups excluding carboxylic acids is 2. The van der Waals surface area contributed by atoms with Gasteiger partial charge in [0, 0.05) is 39.3 Å². The zero-order valence-electron chi connectivity index (χ0n) is 23.1. The van der Waals surface area contributed by atoms with Crippen LogP contribution in [0.3, 0.4) is 0 Å². The quantitative estimate of drug-likeness (QED) is 0.138. The van der Waals surface area contributed by atoms with Gasteiger partial charge in [0.1, 0.15) is 13.2 Å². The molecule has 0 amide bonds. The van der Waals surface area contributed by atoms with Crippen LogP contribution in [0.15, 0.2) is 12.7 Å². The molecule has 0 saturated carbocycles. The van der Waals surface area contributed by atoms with Crippen LogP contribution in [0.5, 0.6) is 0 Å². The lowest BCUT2D eigenvalue weighted by atomic mass is 9.88. The Labute approximate surface area is 212 Å². The minimum atomic E-state index is -1.15. The van der Waals surface area contributed by atoms with E-state index in [4.69, 9.17) is 14.2 Å². The van der Waals surface area contributed by atoms with Gasteiger partial charge >= 0.3 is 11.9 Å². The molecule has 0 aromatic heterocycles. The summed E-state index contributed by atoms with van der Waals surface area (Å²) in [5.74, 6) is -0.643. The zero-order valence-corrected chi connectivity index (χ0v) is 23.1. The highest BCUT2D eigenvalue weighted by Gasteiger charge is 2.33. The molecule has 0 bridgehead atoms. The van der Waals surface area contributed by atoms with E-state index in [1.165, 1.54) is 6.08 Å². The van der Waals surface area contributed by atoms with Crippen LogP contribution in [0.4, 0.5) is 0 Å². The van der Waals surface area contributed by atoms with E-state index in [0.29, 0.717) is 19.5 Å². The van der Waals surface area contributed by atoms with Crippen molar-refractivity contribution >= 4 is 11.9 Å². The van der Waals surface area contributed by atoms with Crippen LogP contribution in [-0.4, -0.2) is 144 Å². The second-order valence-corrected chi connectivity index (χ2v) is 9.83. The van der Waals surface area contributed by atoms with E-state index in [1.807, 2.05) is 49.2 Å². The summed E-state index contributed by atoms with van der Waals surface area (Å²) in [6.07, 6.45) is 1.18. The van der Waals surface area contributed by atoms with Gasteiger partial charge in [-0.2, -0.15) is 0 Å². The molecule has 1 N–H and O–H groups in total. The largest absolute Gasteiger partial charge is 0.465 e. The molecule has 0 aliphatic heterocycles. The highest BCUT2D eigenvalue weighted by atomic mass is 16.6. The van der Waals surface area contributed by atoms with Crippen molar-refractivity contribution in [1.29, 1.82) is 0 Å². The van der Waals surface area contributed by atoms with Gasteiger partial charge in [-0.05, 0) is 54.8 Å². The van der Waals surface area contributed by atoms with E-state index in [1.54, 1.807) is 0 Å². The first-order valence-electron chi connectivity index (χ1n) is 12.3. The van der Waals surface area contributed by atoms with Crippen LogP contribution in [-0.2, 0) is 23.8 Å². The van der Waals surface area contributed by atoms with E-state index in [0.717, 1.165) is 26.2 Å². The summed E-state index contributed by atoms with van der Waals surface area (Å²) in [5.41, 5.74) is -0.761. The van der Waals surface area contributed by atoms with Crippen molar-refractivity contribution in [2.24, 2.45) is 5.41 Å². The molecule has 0 saturated heterocycles. The van der Waals surface area contributed by atoms with Gasteiger partial charge in [0.25, 0.3) is 0 Å². The Hall–Kier alpha value is -1.56. The predicted octanol–water partition coefficient (Wildman–Crippen LogP) is 0.757. The van der Waals surface area contributed by atoms with Gasteiger partial charge in [-0.3, -0.25) is 9.59 Å². The van der Waals surface area contributed by atoms with Gasteiger partial charge in [0.15, 0.2) is 6.29 Å². The minimum Gasteiger partial charge on any atom is -0.465 e. The Bertz CT molecular complexity index is 565. The summed E-state index contributed by atoms with van der Waals surface area (Å²) < 4.78 is 16.6. The highest BCUT2D eigenvalue weighted by Crippen LogP contribution is 2.25. The summed E-state index contributed by atoms with van der Waals surface area (Å²) in [6, 6.07) is 0. The maximum Gasteiger partial charge on any atom is 0.307 e. The van der Waals surface area contributed by atoms with Crippen LogP contribution in [0.2, 0.25) is 0 Å². The maximum absolute atomic E-state index is 12.4. The molecule has 35 heavy (non-hydrogen) atoms. The van der Waals surface area contributed by atoms with Crippen LogP contribution < -0.4 is 0 Å². The number of hydrogen-bond acceptors (Lipinski definition) is 10. The third-order valence-corrected chi connectivity index (χ3v) is 5.84. The predicted molar refractivity (Wildman–Crippen MR) is 138 cm³/mol. The molecule has 1 unspecified atom stereocenters. The van der Waals surface area contributed by atoms with Crippen LogP contribution in [0.25, 0.3) is 0 Å². The average Bonchev–Trinajstić information content (AvgIpc) is 2.82. The first kappa shape index (κ1) is 33.4. The number of esters is 2. The fourth-order valence-electron chi connectivity index (χ4n) is 2.90. The van der Waals surface area contributed by atoms with Crippen molar-refractivity contribution in [1.82, 2.24) is 19.6 Å². The monoisotopic (exact) mass is 502 g/mol. The minimum absolute atomic E-state index is 0.0314. The summed E-state index contributed by atoms with van der Waals surface area (Å²) >= 11 is 0. The Morgan fingerprint density at radius 1 is 0.800 bits per heavy atom. The summed E-state index contributed by atoms with van der Waals surface area (Å²) in [4.78, 5) is 33.1. The van der Waals surface area contributed by atoms with Gasteiger partial charge in [0.2, 0.25) is 0 Å². The smallest absolute Gasteiger partial charge is 0.307 e. The zero-order chi connectivity index (χ0) is 26.9. The Morgan fingerprint density at radius 2 is 1.23 bits per heavy atom. The van der Waals surface area contributed by atoms with Crippen molar-refractivity contribution in [2.45, 2.75) is 32.5 Å². The molecule has 10 heteroatoms. The van der Waals surface area contributed by atoms with Gasteiger partial charge < -0.3 is 38.9 Å². The molecule has 0 aromatic rings. The van der Waals surface area contributed by atoms with E-state index in [2.05, 4.69) is 26.2 Å². The number of hydrogen-bond donors (Lipinski definition) is 1. The molecule has 0 aliphatic carbocycles. The Morgan fingerprint density at radius 3 is 1.57 bits per heavy atom. The summed E-state index contributed by atoms with van der Waals surface area (Å²) in [5, 5.41) is 9.77. The molecule has 0 aliphatic rings. The van der Waals surface area contributed by atoms with Gasteiger partial charge in [-0.15, -0.1) is 0 Å². The van der Waals surface area contributed by atoms with Gasteiger partial charge in [0.05, 0.1) is 24.9 Å². The topological polar surface area (TPSA) is 95.0 Å². The average molecular weight is 503 g/mol. The Kier molecular flexibility index (Phi) is 17.8. The third-order valence-electron chi connectivity index (χ3n) is 5.84. The third kappa shape index (κ3) is 17.5. The lowest BCUT2D eigenvalue weighted by Gasteiger charge is -2.32. The molecular formula is C25H50N4O6. The first-order valence-corrected chi connectivity index (χ1v) is 12.3. The second kappa shape index (κ2) is 18.7. The fourth-order valence-corrected chi connectivity index (χ4v) is 2.90. The van der Waals surface area contributed by atoms with E-state index in [-0.39, 0.29) is 44.6 Å². The van der Waals surface area contributed by atoms with E-state index < -0.39 is 11.7 Å². The van der Waals surface area contributed by atoms with Crippen LogP contribution in [0, 0.1) is 5.41 Å². The molecule has 206 valence electrons. The number of ether oxygens (including phenoxy) is 3. The van der Waals surface area contributed by atoms with Crippen molar-refractivity contribution in [2.75, 3.05) is 101 Å². The lowest BCUT2D eigenvalue weighted by Crippen LogP contribution is -2.40. The highest BCUT2D eigenvalue weighted by molar-refractivity contribution is 5.70. The number of rotatable bonds is 21. The number of carbonyl (C=O) groups is 2. The van der Waals surface area contributed by atoms with Crippen molar-refractivity contribution in [3.8, 4) is 0 Å². The van der Waals surface area contributed by atoms with Gasteiger partial charge in [-0.1, -0.05) is 13.5 Å². The maximum atomic E-state index is 12.4. The van der Waals surface area contributed by atoms with Crippen molar-refractivity contribution in [3.05, 3.63) is 12.7 Å². The normalized spacial score (nSPS) is 13.0. The molecule has 0 fully saturated rings. The van der Waals surface area contributed by atoms with Crippen LogP contribution in [0.1, 0.15) is 26.2 Å². The number of aliphatic hydroxyl groups is 1. The molecule has 0 aromatic carbocycles. The van der Waals surface area contributed by atoms with E-state index in [9.17, 15) is 14.7 Å². The Balaban J connectivity index is 4.80. The number of nitrogens with zero attached hydrogens (tertiary/aromatic N) is 4. The summed E-state index contributed by atoms with van der Waals surface area (Å²) in [6.45, 7) is 10.2. The van der Waals surface area contributed by atoms with Crippen LogP contribution >= 0.6 is 0 Å². The van der Waals surface area contributed by atoms with E-state index >= 15 is 0 Å². The molecule has 0 heterocycles. The molecular weight excluding hydrogens is 452 g/mol. The first-order chi connectivity index (χ1) is 16.4. The molecule has 0 spiro atoms. The van der Waals surface area contributed by atoms with Gasteiger partial charge in [-0.25, -0.2) is 0 Å². The second-order valence-electron chi connectivity index (χ2n) is 9.83. The molecule has 1 atom stereocenters. The van der Waals surface area contributed by atoms with Crippen molar-refractivity contribution < 1.29 is 28.9 Å².